The summed E-state index contributed by atoms with van der Waals surface area (Å²) in [6, 6.07) is 9.81. The molecule has 8 heteroatoms. The maximum atomic E-state index is 13.0. The molecule has 0 saturated heterocycles. The molecule has 0 atom stereocenters. The van der Waals surface area contributed by atoms with Crippen molar-refractivity contribution in [2.75, 3.05) is 14.2 Å². The van der Waals surface area contributed by atoms with E-state index in [1.54, 1.807) is 18.9 Å². The first-order chi connectivity index (χ1) is 15.1. The van der Waals surface area contributed by atoms with Crippen molar-refractivity contribution >= 4 is 17.7 Å². The van der Waals surface area contributed by atoms with E-state index in [1.165, 1.54) is 14.0 Å². The van der Waals surface area contributed by atoms with E-state index in [0.29, 0.717) is 23.5 Å². The van der Waals surface area contributed by atoms with Crippen LogP contribution >= 0.6 is 0 Å². The molecule has 0 aliphatic rings. The number of aryl methyl sites for hydroxylation is 1. The maximum Gasteiger partial charge on any atom is 0.339 e. The fourth-order valence-electron chi connectivity index (χ4n) is 3.86. The van der Waals surface area contributed by atoms with Crippen LogP contribution in [0.15, 0.2) is 30.3 Å². The van der Waals surface area contributed by atoms with E-state index in [2.05, 4.69) is 10.1 Å². The molecule has 1 N–H and O–H groups in total. The minimum absolute atomic E-state index is 0.0556. The first-order valence-corrected chi connectivity index (χ1v) is 10.3. The Bertz CT molecular complexity index is 1170. The summed E-state index contributed by atoms with van der Waals surface area (Å²) in [6.45, 7) is 7.35. The summed E-state index contributed by atoms with van der Waals surface area (Å²) < 4.78 is 6.73. The average Bonchev–Trinajstić information content (AvgIpc) is 3.24. The molecule has 0 aliphatic carbocycles. The number of ketones is 1. The van der Waals surface area contributed by atoms with Gasteiger partial charge in [-0.05, 0) is 38.5 Å². The predicted octanol–water partition coefficient (Wildman–Crippen LogP) is 3.32. The number of carbonyl (C=O) groups is 3. The molecule has 1 aromatic carbocycles. The third-order valence-electron chi connectivity index (χ3n) is 5.66. The SMILES string of the molecule is COC(=O)c1c(CC(=O)N(C)Cc2c(C)nn(-c3ccccc3)c2C)[nH]c(C(C)=O)c1C. The van der Waals surface area contributed by atoms with Gasteiger partial charge in [0.2, 0.25) is 5.91 Å². The molecule has 1 amide bonds. The van der Waals surface area contributed by atoms with Crippen molar-refractivity contribution in [3.8, 4) is 5.69 Å². The molecule has 0 radical (unpaired) electrons. The summed E-state index contributed by atoms with van der Waals surface area (Å²) >= 11 is 0. The van der Waals surface area contributed by atoms with Crippen molar-refractivity contribution in [3.05, 3.63) is 69.8 Å². The number of amides is 1. The van der Waals surface area contributed by atoms with Crippen LogP contribution in [0.4, 0.5) is 0 Å². The Hall–Kier alpha value is -3.68. The summed E-state index contributed by atoms with van der Waals surface area (Å²) in [7, 11) is 2.98. The standard InChI is InChI=1S/C24H28N4O4/c1-14-22(24(31)32-6)20(25-23(14)17(4)29)12-21(30)27(5)13-19-15(2)26-28(16(19)3)18-10-8-7-9-11-18/h7-11,25H,12-13H2,1-6H3. The molecular weight excluding hydrogens is 408 g/mol. The van der Waals surface area contributed by atoms with Gasteiger partial charge in [-0.25, -0.2) is 9.48 Å². The average molecular weight is 437 g/mol. The lowest BCUT2D eigenvalue weighted by Gasteiger charge is -2.18. The topological polar surface area (TPSA) is 97.3 Å². The summed E-state index contributed by atoms with van der Waals surface area (Å²) in [5.74, 6) is -0.982. The van der Waals surface area contributed by atoms with Gasteiger partial charge in [-0.3, -0.25) is 9.59 Å². The lowest BCUT2D eigenvalue weighted by Crippen LogP contribution is -2.29. The first-order valence-electron chi connectivity index (χ1n) is 10.3. The number of hydrogen-bond donors (Lipinski definition) is 1. The minimum atomic E-state index is -0.576. The molecule has 0 spiro atoms. The van der Waals surface area contributed by atoms with Crippen LogP contribution in [0.25, 0.3) is 5.69 Å². The number of para-hydroxylation sites is 1. The van der Waals surface area contributed by atoms with Crippen molar-refractivity contribution < 1.29 is 19.1 Å². The number of likely N-dealkylation sites (N-methyl/N-ethyl adjacent to an activating group) is 1. The second kappa shape index (κ2) is 9.21. The van der Waals surface area contributed by atoms with Crippen molar-refractivity contribution in [2.45, 2.75) is 40.7 Å². The normalized spacial score (nSPS) is 10.8. The van der Waals surface area contributed by atoms with E-state index in [4.69, 9.17) is 4.74 Å². The van der Waals surface area contributed by atoms with Crippen molar-refractivity contribution in [3.63, 3.8) is 0 Å². The van der Waals surface area contributed by atoms with Crippen LogP contribution in [-0.2, 0) is 22.5 Å². The molecule has 2 aromatic heterocycles. The number of benzene rings is 1. The molecular formula is C24H28N4O4. The van der Waals surface area contributed by atoms with Crippen LogP contribution in [0.2, 0.25) is 0 Å². The Morgan fingerprint density at radius 3 is 2.38 bits per heavy atom. The number of carbonyl (C=O) groups excluding carboxylic acids is 3. The fourth-order valence-corrected chi connectivity index (χ4v) is 3.86. The number of nitrogens with one attached hydrogen (secondary N) is 1. The molecule has 2 heterocycles. The minimum Gasteiger partial charge on any atom is -0.465 e. The third-order valence-corrected chi connectivity index (χ3v) is 5.66. The van der Waals surface area contributed by atoms with Gasteiger partial charge in [0.1, 0.15) is 0 Å². The van der Waals surface area contributed by atoms with E-state index in [1.807, 2.05) is 48.9 Å². The summed E-state index contributed by atoms with van der Waals surface area (Å²) in [6.07, 6.45) is -0.0556. The molecule has 8 nitrogen and oxygen atoms in total. The smallest absolute Gasteiger partial charge is 0.339 e. The van der Waals surface area contributed by atoms with E-state index in [9.17, 15) is 14.4 Å². The Balaban J connectivity index is 1.84. The van der Waals surface area contributed by atoms with Gasteiger partial charge in [-0.15, -0.1) is 0 Å². The summed E-state index contributed by atoms with van der Waals surface area (Å²) in [4.78, 5) is 41.7. The third kappa shape index (κ3) is 4.34. The number of esters is 1. The zero-order chi connectivity index (χ0) is 23.6. The van der Waals surface area contributed by atoms with Gasteiger partial charge in [0, 0.05) is 37.5 Å². The fraction of sp³-hybridized carbons (Fsp3) is 0.333. The molecule has 0 saturated carbocycles. The van der Waals surface area contributed by atoms with Crippen LogP contribution in [0.5, 0.6) is 0 Å². The van der Waals surface area contributed by atoms with E-state index >= 15 is 0 Å². The van der Waals surface area contributed by atoms with Crippen LogP contribution in [0.3, 0.4) is 0 Å². The number of Topliss-reactive ketones (excluding diaryl/α,β-unsaturated/α-hetero) is 1. The molecule has 0 unspecified atom stereocenters. The number of nitrogens with zero attached hydrogens (tertiary/aromatic N) is 3. The Kier molecular flexibility index (Phi) is 6.62. The van der Waals surface area contributed by atoms with Gasteiger partial charge in [-0.1, -0.05) is 18.2 Å². The Morgan fingerprint density at radius 1 is 1.12 bits per heavy atom. The van der Waals surface area contributed by atoms with Gasteiger partial charge >= 0.3 is 5.97 Å². The van der Waals surface area contributed by atoms with Gasteiger partial charge in [0.05, 0.1) is 36.2 Å². The van der Waals surface area contributed by atoms with Gasteiger partial charge < -0.3 is 14.6 Å². The number of rotatable bonds is 7. The molecule has 32 heavy (non-hydrogen) atoms. The molecule has 3 rings (SSSR count). The predicted molar refractivity (Wildman–Crippen MR) is 120 cm³/mol. The Labute approximate surface area is 187 Å². The zero-order valence-corrected chi connectivity index (χ0v) is 19.3. The van der Waals surface area contributed by atoms with Crippen LogP contribution in [-0.4, -0.2) is 51.5 Å². The van der Waals surface area contributed by atoms with Crippen molar-refractivity contribution in [2.24, 2.45) is 0 Å². The molecule has 0 fully saturated rings. The van der Waals surface area contributed by atoms with Crippen molar-refractivity contribution in [1.82, 2.24) is 19.7 Å². The Morgan fingerprint density at radius 2 is 1.78 bits per heavy atom. The van der Waals surface area contributed by atoms with Crippen LogP contribution in [0.1, 0.15) is 56.0 Å². The van der Waals surface area contributed by atoms with Crippen LogP contribution < -0.4 is 0 Å². The number of ether oxygens (including phenoxy) is 1. The zero-order valence-electron chi connectivity index (χ0n) is 19.3. The van der Waals surface area contributed by atoms with Crippen LogP contribution in [0, 0.1) is 20.8 Å². The highest BCUT2D eigenvalue weighted by Crippen LogP contribution is 2.23. The molecule has 168 valence electrons. The molecule has 3 aromatic rings. The monoisotopic (exact) mass is 436 g/mol. The lowest BCUT2D eigenvalue weighted by atomic mass is 10.1. The number of hydrogen-bond acceptors (Lipinski definition) is 5. The second-order valence-corrected chi connectivity index (χ2v) is 7.85. The van der Waals surface area contributed by atoms with E-state index in [0.717, 1.165) is 22.6 Å². The van der Waals surface area contributed by atoms with Crippen molar-refractivity contribution in [1.29, 1.82) is 0 Å². The lowest BCUT2D eigenvalue weighted by molar-refractivity contribution is -0.129. The first kappa shape index (κ1) is 23.0. The second-order valence-electron chi connectivity index (χ2n) is 7.85. The van der Waals surface area contributed by atoms with E-state index in [-0.39, 0.29) is 23.7 Å². The molecule has 0 bridgehead atoms. The largest absolute Gasteiger partial charge is 0.465 e. The van der Waals surface area contributed by atoms with Gasteiger partial charge in [0.15, 0.2) is 5.78 Å². The highest BCUT2D eigenvalue weighted by atomic mass is 16.5. The highest BCUT2D eigenvalue weighted by molar-refractivity contribution is 6.01. The molecule has 0 aliphatic heterocycles. The van der Waals surface area contributed by atoms with E-state index < -0.39 is 5.97 Å². The number of aromatic amines is 1. The van der Waals surface area contributed by atoms with Gasteiger partial charge in [-0.2, -0.15) is 5.10 Å². The summed E-state index contributed by atoms with van der Waals surface area (Å²) in [5, 5.41) is 4.63. The quantitative estimate of drug-likeness (QED) is 0.453. The van der Waals surface area contributed by atoms with Gasteiger partial charge in [0.25, 0.3) is 0 Å². The number of methoxy groups -OCH3 is 1. The number of aromatic nitrogens is 3. The highest BCUT2D eigenvalue weighted by Gasteiger charge is 2.26. The maximum absolute atomic E-state index is 13.0. The summed E-state index contributed by atoms with van der Waals surface area (Å²) in [5.41, 5.74) is 5.14. The number of H-pyrrole nitrogens is 1.